The van der Waals surface area contributed by atoms with Gasteiger partial charge in [0.1, 0.15) is 0 Å². The molecule has 0 aliphatic rings. The second-order valence-corrected chi connectivity index (χ2v) is 3.06. The van der Waals surface area contributed by atoms with E-state index in [4.69, 9.17) is 16.7 Å². The number of nitriles is 1. The van der Waals surface area contributed by atoms with Gasteiger partial charge in [0, 0.05) is 6.54 Å². The first kappa shape index (κ1) is 13.1. The lowest BCUT2D eigenvalue weighted by Gasteiger charge is -2.13. The molecule has 0 bridgehead atoms. The molecule has 92 valence electrons. The number of rotatable bonds is 3. The minimum absolute atomic E-state index is 0.0203. The summed E-state index contributed by atoms with van der Waals surface area (Å²) in [6.07, 6.45) is -4.97. The van der Waals surface area contributed by atoms with Crippen LogP contribution in [-0.4, -0.2) is 11.3 Å². The maximum atomic E-state index is 12.0. The van der Waals surface area contributed by atoms with Crippen molar-refractivity contribution in [1.29, 1.82) is 5.26 Å². The molecule has 0 aromatic carbocycles. The molecule has 0 amide bonds. The standard InChI is InChI=1S/C9H9F3N4O/c10-9(11,12)17-7-3-5(1-2-13)6(4-14)16-8(7)15/h3H,1,4,14H2,(H2,15,16). The number of anilines is 1. The van der Waals surface area contributed by atoms with Gasteiger partial charge in [-0.05, 0) is 11.6 Å². The third kappa shape index (κ3) is 3.49. The highest BCUT2D eigenvalue weighted by molar-refractivity contribution is 5.50. The molecule has 5 nitrogen and oxygen atoms in total. The molecule has 0 fully saturated rings. The number of ether oxygens (including phenoxy) is 1. The normalized spacial score (nSPS) is 11.0. The van der Waals surface area contributed by atoms with Gasteiger partial charge in [0.25, 0.3) is 0 Å². The average Bonchev–Trinajstić information content (AvgIpc) is 2.21. The molecule has 0 radical (unpaired) electrons. The molecule has 0 saturated heterocycles. The van der Waals surface area contributed by atoms with Crippen molar-refractivity contribution < 1.29 is 17.9 Å². The SMILES string of the molecule is N#CCc1cc(OC(F)(F)F)c(N)nc1CN. The van der Waals surface area contributed by atoms with Gasteiger partial charge in [-0.15, -0.1) is 13.2 Å². The van der Waals surface area contributed by atoms with Crippen LogP contribution in [0.25, 0.3) is 0 Å². The van der Waals surface area contributed by atoms with Crippen LogP contribution < -0.4 is 16.2 Å². The lowest BCUT2D eigenvalue weighted by molar-refractivity contribution is -0.274. The Hall–Kier alpha value is -2.01. The Balaban J connectivity index is 3.16. The molecular formula is C9H9F3N4O. The van der Waals surface area contributed by atoms with Gasteiger partial charge in [0.05, 0.1) is 18.2 Å². The molecule has 0 atom stereocenters. The van der Waals surface area contributed by atoms with Gasteiger partial charge in [-0.1, -0.05) is 0 Å². The van der Waals surface area contributed by atoms with Crippen molar-refractivity contribution in [1.82, 2.24) is 4.98 Å². The predicted molar refractivity (Wildman–Crippen MR) is 52.5 cm³/mol. The Bertz CT molecular complexity index is 453. The summed E-state index contributed by atoms with van der Waals surface area (Å²) in [5, 5.41) is 8.52. The number of nitrogen functional groups attached to an aromatic ring is 1. The number of nitrogens with zero attached hydrogens (tertiary/aromatic N) is 2. The Kier molecular flexibility index (Phi) is 3.75. The van der Waals surface area contributed by atoms with Gasteiger partial charge in [-0.25, -0.2) is 4.98 Å². The van der Waals surface area contributed by atoms with E-state index in [-0.39, 0.29) is 24.2 Å². The van der Waals surface area contributed by atoms with Crippen LogP contribution in [-0.2, 0) is 13.0 Å². The molecule has 0 spiro atoms. The third-order valence-corrected chi connectivity index (χ3v) is 1.87. The fraction of sp³-hybridized carbons (Fsp3) is 0.333. The molecule has 8 heteroatoms. The highest BCUT2D eigenvalue weighted by Crippen LogP contribution is 2.29. The van der Waals surface area contributed by atoms with E-state index in [1.165, 1.54) is 0 Å². The largest absolute Gasteiger partial charge is 0.573 e. The minimum atomic E-state index is -4.86. The van der Waals surface area contributed by atoms with Crippen molar-refractivity contribution in [3.63, 3.8) is 0 Å². The van der Waals surface area contributed by atoms with Gasteiger partial charge in [0.2, 0.25) is 0 Å². The molecule has 0 unspecified atom stereocenters. The maximum Gasteiger partial charge on any atom is 0.573 e. The van der Waals surface area contributed by atoms with Gasteiger partial charge < -0.3 is 16.2 Å². The van der Waals surface area contributed by atoms with Crippen molar-refractivity contribution in [3.05, 3.63) is 17.3 Å². The molecule has 1 aromatic rings. The molecule has 1 heterocycles. The van der Waals surface area contributed by atoms with Crippen LogP contribution in [0.15, 0.2) is 6.07 Å². The second kappa shape index (κ2) is 4.88. The van der Waals surface area contributed by atoms with E-state index in [0.29, 0.717) is 0 Å². The van der Waals surface area contributed by atoms with Gasteiger partial charge in [0.15, 0.2) is 11.6 Å². The monoisotopic (exact) mass is 246 g/mol. The number of alkyl halides is 3. The number of pyridine rings is 1. The molecular weight excluding hydrogens is 237 g/mol. The zero-order valence-electron chi connectivity index (χ0n) is 8.58. The predicted octanol–water partition coefficient (Wildman–Crippen LogP) is 1.09. The molecule has 4 N–H and O–H groups in total. The van der Waals surface area contributed by atoms with Crippen LogP contribution >= 0.6 is 0 Å². The summed E-state index contributed by atoms with van der Waals surface area (Å²) in [7, 11) is 0. The Morgan fingerprint density at radius 3 is 2.59 bits per heavy atom. The Morgan fingerprint density at radius 2 is 2.12 bits per heavy atom. The highest BCUT2D eigenvalue weighted by atomic mass is 19.4. The molecule has 1 aromatic heterocycles. The van der Waals surface area contributed by atoms with E-state index in [2.05, 4.69) is 9.72 Å². The number of halogens is 3. The van der Waals surface area contributed by atoms with Crippen LogP contribution in [0.4, 0.5) is 19.0 Å². The first-order valence-electron chi connectivity index (χ1n) is 4.48. The van der Waals surface area contributed by atoms with Crippen molar-refractivity contribution in [2.45, 2.75) is 19.3 Å². The second-order valence-electron chi connectivity index (χ2n) is 3.06. The number of aromatic nitrogens is 1. The van der Waals surface area contributed by atoms with Crippen molar-refractivity contribution >= 4 is 5.82 Å². The summed E-state index contributed by atoms with van der Waals surface area (Å²) >= 11 is 0. The van der Waals surface area contributed by atoms with E-state index in [1.807, 2.05) is 0 Å². The summed E-state index contributed by atoms with van der Waals surface area (Å²) in [5.74, 6) is -1.04. The Morgan fingerprint density at radius 1 is 1.47 bits per heavy atom. The lowest BCUT2D eigenvalue weighted by Crippen LogP contribution is -2.19. The maximum absolute atomic E-state index is 12.0. The van der Waals surface area contributed by atoms with Gasteiger partial charge in [-0.2, -0.15) is 5.26 Å². The van der Waals surface area contributed by atoms with Crippen LogP contribution in [0.1, 0.15) is 11.3 Å². The number of hydrogen-bond donors (Lipinski definition) is 2. The zero-order valence-corrected chi connectivity index (χ0v) is 8.58. The third-order valence-electron chi connectivity index (χ3n) is 1.87. The van der Waals surface area contributed by atoms with Crippen molar-refractivity contribution in [3.8, 4) is 11.8 Å². The van der Waals surface area contributed by atoms with Gasteiger partial charge >= 0.3 is 6.36 Å². The van der Waals surface area contributed by atoms with E-state index in [9.17, 15) is 13.2 Å². The first-order chi connectivity index (χ1) is 7.87. The number of nitrogens with two attached hydrogens (primary N) is 2. The van der Waals surface area contributed by atoms with Gasteiger partial charge in [-0.3, -0.25) is 0 Å². The molecule has 0 saturated carbocycles. The molecule has 17 heavy (non-hydrogen) atoms. The van der Waals surface area contributed by atoms with Crippen LogP contribution in [0.2, 0.25) is 0 Å². The van der Waals surface area contributed by atoms with E-state index in [0.717, 1.165) is 6.07 Å². The van der Waals surface area contributed by atoms with Crippen molar-refractivity contribution in [2.75, 3.05) is 5.73 Å². The Labute approximate surface area is 94.8 Å². The van der Waals surface area contributed by atoms with Crippen molar-refractivity contribution in [2.24, 2.45) is 5.73 Å². The fourth-order valence-corrected chi connectivity index (χ4v) is 1.21. The summed E-state index contributed by atoms with van der Waals surface area (Å²) in [6, 6.07) is 2.82. The molecule has 1 rings (SSSR count). The van der Waals surface area contributed by atoms with Crippen LogP contribution in [0.3, 0.4) is 0 Å². The molecule has 0 aliphatic carbocycles. The summed E-state index contributed by atoms with van der Waals surface area (Å²) in [6.45, 7) is -0.0203. The topological polar surface area (TPSA) is 97.9 Å². The fourth-order valence-electron chi connectivity index (χ4n) is 1.21. The van der Waals surface area contributed by atoms with E-state index >= 15 is 0 Å². The quantitative estimate of drug-likeness (QED) is 0.831. The lowest BCUT2D eigenvalue weighted by atomic mass is 10.1. The first-order valence-corrected chi connectivity index (χ1v) is 4.48. The summed E-state index contributed by atoms with van der Waals surface area (Å²) in [5.41, 5.74) is 11.2. The highest BCUT2D eigenvalue weighted by Gasteiger charge is 2.32. The van der Waals surface area contributed by atoms with E-state index < -0.39 is 17.9 Å². The minimum Gasteiger partial charge on any atom is -0.402 e. The average molecular weight is 246 g/mol. The summed E-state index contributed by atoms with van der Waals surface area (Å²) in [4.78, 5) is 3.67. The summed E-state index contributed by atoms with van der Waals surface area (Å²) < 4.78 is 39.8. The molecule has 0 aliphatic heterocycles. The van der Waals surface area contributed by atoms with E-state index in [1.54, 1.807) is 6.07 Å². The number of hydrogen-bond acceptors (Lipinski definition) is 5. The van der Waals surface area contributed by atoms with Crippen LogP contribution in [0.5, 0.6) is 5.75 Å². The smallest absolute Gasteiger partial charge is 0.402 e. The van der Waals surface area contributed by atoms with Crippen LogP contribution in [0, 0.1) is 11.3 Å². The zero-order chi connectivity index (χ0) is 13.1.